The Kier molecular flexibility index (Phi) is 7.33. The monoisotopic (exact) mass is 396 g/mol. The Balaban J connectivity index is 1.61. The molecule has 6 nitrogen and oxygen atoms in total. The standard InChI is InChI=1S/C23H32N4O2/c1-3-4-15-26(23(29)24-16-19-9-6-5-7-10-19)18-22(28)27(20-12-13-20)17-21-11-8-14-25(21)2/h5-11,14,20H,3-4,12-13,15-18H2,1-2H3,(H,24,29). The van der Waals surface area contributed by atoms with E-state index < -0.39 is 0 Å². The largest absolute Gasteiger partial charge is 0.353 e. The number of carbonyl (C=O) groups is 2. The molecule has 1 aromatic carbocycles. The van der Waals surface area contributed by atoms with E-state index in [2.05, 4.69) is 12.2 Å². The van der Waals surface area contributed by atoms with E-state index in [9.17, 15) is 9.59 Å². The highest BCUT2D eigenvalue weighted by atomic mass is 16.2. The van der Waals surface area contributed by atoms with E-state index in [-0.39, 0.29) is 18.5 Å². The van der Waals surface area contributed by atoms with E-state index in [1.165, 1.54) is 0 Å². The van der Waals surface area contributed by atoms with Crippen molar-refractivity contribution in [3.8, 4) is 0 Å². The smallest absolute Gasteiger partial charge is 0.318 e. The lowest BCUT2D eigenvalue weighted by Crippen LogP contribution is -2.47. The van der Waals surface area contributed by atoms with Gasteiger partial charge < -0.3 is 19.7 Å². The molecule has 3 amide bonds. The molecule has 1 N–H and O–H groups in total. The second-order valence-electron chi connectivity index (χ2n) is 7.78. The third kappa shape index (κ3) is 6.11. The Bertz CT molecular complexity index is 798. The zero-order chi connectivity index (χ0) is 20.6. The zero-order valence-electron chi connectivity index (χ0n) is 17.5. The molecule has 29 heavy (non-hydrogen) atoms. The van der Waals surface area contributed by atoms with Crippen molar-refractivity contribution in [2.75, 3.05) is 13.1 Å². The van der Waals surface area contributed by atoms with Crippen LogP contribution in [0.1, 0.15) is 43.9 Å². The topological polar surface area (TPSA) is 57.6 Å². The maximum absolute atomic E-state index is 13.1. The number of nitrogens with zero attached hydrogens (tertiary/aromatic N) is 3. The number of rotatable bonds is 10. The maximum Gasteiger partial charge on any atom is 0.318 e. The number of aryl methyl sites for hydroxylation is 1. The first-order valence-electron chi connectivity index (χ1n) is 10.5. The average molecular weight is 397 g/mol. The molecule has 1 saturated carbocycles. The molecule has 1 aliphatic rings. The van der Waals surface area contributed by atoms with Gasteiger partial charge in [-0.25, -0.2) is 4.79 Å². The van der Waals surface area contributed by atoms with Gasteiger partial charge in [0.05, 0.1) is 6.54 Å². The first kappa shape index (κ1) is 21.0. The predicted octanol–water partition coefficient (Wildman–Crippen LogP) is 3.53. The number of aromatic nitrogens is 1. The second-order valence-corrected chi connectivity index (χ2v) is 7.78. The van der Waals surface area contributed by atoms with Gasteiger partial charge in [0.1, 0.15) is 6.54 Å². The van der Waals surface area contributed by atoms with Gasteiger partial charge in [0, 0.05) is 38.1 Å². The number of unbranched alkanes of at least 4 members (excludes halogenated alkanes) is 1. The number of hydrogen-bond acceptors (Lipinski definition) is 2. The molecule has 0 bridgehead atoms. The van der Waals surface area contributed by atoms with Gasteiger partial charge in [0.2, 0.25) is 5.91 Å². The summed E-state index contributed by atoms with van der Waals surface area (Å²) in [6.45, 7) is 3.87. The third-order valence-electron chi connectivity index (χ3n) is 5.37. The molecule has 1 aliphatic carbocycles. The van der Waals surface area contributed by atoms with Gasteiger partial charge in [0.25, 0.3) is 0 Å². The van der Waals surface area contributed by atoms with E-state index in [1.807, 2.05) is 65.2 Å². The van der Waals surface area contributed by atoms with Crippen LogP contribution in [0.25, 0.3) is 0 Å². The molecule has 0 spiro atoms. The predicted molar refractivity (Wildman–Crippen MR) is 114 cm³/mol. The van der Waals surface area contributed by atoms with Crippen LogP contribution in [-0.2, 0) is 24.9 Å². The maximum atomic E-state index is 13.1. The van der Waals surface area contributed by atoms with Crippen LogP contribution in [0.2, 0.25) is 0 Å². The van der Waals surface area contributed by atoms with Gasteiger partial charge in [-0.15, -0.1) is 0 Å². The van der Waals surface area contributed by atoms with Crippen LogP contribution < -0.4 is 5.32 Å². The minimum Gasteiger partial charge on any atom is -0.353 e. The molecule has 3 rings (SSSR count). The molecule has 0 saturated heterocycles. The van der Waals surface area contributed by atoms with E-state index in [1.54, 1.807) is 4.90 Å². The van der Waals surface area contributed by atoms with Crippen LogP contribution >= 0.6 is 0 Å². The lowest BCUT2D eigenvalue weighted by atomic mass is 10.2. The molecular formula is C23H32N4O2. The summed E-state index contributed by atoms with van der Waals surface area (Å²) in [4.78, 5) is 29.5. The van der Waals surface area contributed by atoms with E-state index >= 15 is 0 Å². The number of carbonyl (C=O) groups excluding carboxylic acids is 2. The van der Waals surface area contributed by atoms with Gasteiger partial charge in [-0.2, -0.15) is 0 Å². The van der Waals surface area contributed by atoms with E-state index in [0.29, 0.717) is 25.7 Å². The summed E-state index contributed by atoms with van der Waals surface area (Å²) in [6.07, 6.45) is 5.95. The van der Waals surface area contributed by atoms with Crippen LogP contribution in [0.3, 0.4) is 0 Å². The van der Waals surface area contributed by atoms with Gasteiger partial charge >= 0.3 is 6.03 Å². The van der Waals surface area contributed by atoms with Gasteiger partial charge in [-0.3, -0.25) is 4.79 Å². The fourth-order valence-corrected chi connectivity index (χ4v) is 3.38. The first-order valence-corrected chi connectivity index (χ1v) is 10.5. The number of benzene rings is 1. The van der Waals surface area contributed by atoms with Crippen LogP contribution in [0.4, 0.5) is 4.79 Å². The highest BCUT2D eigenvalue weighted by molar-refractivity contribution is 5.84. The lowest BCUT2D eigenvalue weighted by molar-refractivity contribution is -0.133. The SMILES string of the molecule is CCCCN(CC(=O)N(Cc1cccn1C)C1CC1)C(=O)NCc1ccccc1. The van der Waals surface area contributed by atoms with Crippen molar-refractivity contribution in [1.82, 2.24) is 19.7 Å². The molecule has 0 atom stereocenters. The Hall–Kier alpha value is -2.76. The lowest BCUT2D eigenvalue weighted by Gasteiger charge is -2.28. The highest BCUT2D eigenvalue weighted by Crippen LogP contribution is 2.28. The van der Waals surface area contributed by atoms with Crippen molar-refractivity contribution >= 4 is 11.9 Å². The van der Waals surface area contributed by atoms with Gasteiger partial charge in [-0.1, -0.05) is 43.7 Å². The molecule has 0 aliphatic heterocycles. The van der Waals surface area contributed by atoms with E-state index in [0.717, 1.165) is 36.9 Å². The van der Waals surface area contributed by atoms with E-state index in [4.69, 9.17) is 0 Å². The Labute approximate surface area is 173 Å². The van der Waals surface area contributed by atoms with Crippen molar-refractivity contribution in [3.05, 3.63) is 59.9 Å². The normalized spacial score (nSPS) is 13.2. The van der Waals surface area contributed by atoms with Crippen molar-refractivity contribution < 1.29 is 9.59 Å². The molecule has 6 heteroatoms. The third-order valence-corrected chi connectivity index (χ3v) is 5.37. The molecule has 0 unspecified atom stereocenters. The number of hydrogen-bond donors (Lipinski definition) is 1. The Morgan fingerprint density at radius 1 is 1.14 bits per heavy atom. The second kappa shape index (κ2) is 10.1. The van der Waals surface area contributed by atoms with Crippen molar-refractivity contribution in [1.29, 1.82) is 0 Å². The minimum absolute atomic E-state index is 0.0275. The molecule has 0 radical (unpaired) electrons. The molecule has 2 aromatic rings. The van der Waals surface area contributed by atoms with Crippen molar-refractivity contribution in [3.63, 3.8) is 0 Å². The fraction of sp³-hybridized carbons (Fsp3) is 0.478. The van der Waals surface area contributed by atoms with Crippen LogP contribution in [-0.4, -0.2) is 45.4 Å². The summed E-state index contributed by atoms with van der Waals surface area (Å²) in [7, 11) is 2.00. The molecular weight excluding hydrogens is 364 g/mol. The van der Waals surface area contributed by atoms with Crippen molar-refractivity contribution in [2.45, 2.75) is 51.7 Å². The van der Waals surface area contributed by atoms with Crippen molar-refractivity contribution in [2.24, 2.45) is 7.05 Å². The number of amides is 3. The fourth-order valence-electron chi connectivity index (χ4n) is 3.38. The zero-order valence-corrected chi connectivity index (χ0v) is 17.5. The van der Waals surface area contributed by atoms with Crippen LogP contribution in [0, 0.1) is 0 Å². The average Bonchev–Trinajstić information content (AvgIpc) is 3.49. The van der Waals surface area contributed by atoms with Gasteiger partial charge in [-0.05, 0) is 37.0 Å². The van der Waals surface area contributed by atoms with Crippen LogP contribution in [0.5, 0.6) is 0 Å². The summed E-state index contributed by atoms with van der Waals surface area (Å²) in [5.74, 6) is 0.0275. The highest BCUT2D eigenvalue weighted by Gasteiger charge is 2.34. The number of nitrogens with one attached hydrogen (secondary N) is 1. The summed E-state index contributed by atoms with van der Waals surface area (Å²) >= 11 is 0. The summed E-state index contributed by atoms with van der Waals surface area (Å²) in [5, 5.41) is 2.96. The summed E-state index contributed by atoms with van der Waals surface area (Å²) in [5.41, 5.74) is 2.16. The molecule has 1 heterocycles. The summed E-state index contributed by atoms with van der Waals surface area (Å²) < 4.78 is 2.05. The summed E-state index contributed by atoms with van der Waals surface area (Å²) in [6, 6.07) is 14.0. The Morgan fingerprint density at radius 3 is 2.52 bits per heavy atom. The quantitative estimate of drug-likeness (QED) is 0.668. The minimum atomic E-state index is -0.176. The van der Waals surface area contributed by atoms with Crippen LogP contribution in [0.15, 0.2) is 48.7 Å². The first-order chi connectivity index (χ1) is 14.1. The van der Waals surface area contributed by atoms with Gasteiger partial charge in [0.15, 0.2) is 0 Å². The Morgan fingerprint density at radius 2 is 1.90 bits per heavy atom. The molecule has 156 valence electrons. The molecule has 1 aromatic heterocycles. The molecule has 1 fully saturated rings. The number of urea groups is 1.